The zero-order valence-corrected chi connectivity index (χ0v) is 17.7. The fourth-order valence-electron chi connectivity index (χ4n) is 4.42. The second-order valence-electron chi connectivity index (χ2n) is 7.81. The number of benzene rings is 3. The molecule has 5 heteroatoms. The molecule has 3 aromatic rings. The highest BCUT2D eigenvalue weighted by molar-refractivity contribution is 7.89. The molecule has 4 nitrogen and oxygen atoms in total. The smallest absolute Gasteiger partial charge is 0.207 e. The third-order valence-electron chi connectivity index (χ3n) is 6.06. The second-order valence-corrected chi connectivity index (χ2v) is 9.75. The molecule has 30 heavy (non-hydrogen) atoms. The minimum absolute atomic E-state index is 0.146. The predicted molar refractivity (Wildman–Crippen MR) is 117 cm³/mol. The van der Waals surface area contributed by atoms with E-state index in [2.05, 4.69) is 6.07 Å². The van der Waals surface area contributed by atoms with Crippen LogP contribution in [0, 0.1) is 24.2 Å². The first kappa shape index (κ1) is 20.3. The molecule has 0 aromatic heterocycles. The van der Waals surface area contributed by atoms with Gasteiger partial charge in [0.05, 0.1) is 11.0 Å². The van der Waals surface area contributed by atoms with Gasteiger partial charge in [-0.25, -0.2) is 8.42 Å². The predicted octanol–water partition coefficient (Wildman–Crippen LogP) is 4.52. The van der Waals surface area contributed by atoms with Crippen molar-refractivity contribution < 1.29 is 8.42 Å². The number of sulfonamides is 1. The highest BCUT2D eigenvalue weighted by Gasteiger charge is 2.47. The van der Waals surface area contributed by atoms with Gasteiger partial charge in [-0.05, 0) is 36.6 Å². The number of aryl methyl sites for hydroxylation is 1. The Hall–Kier alpha value is -2.94. The first-order valence-corrected chi connectivity index (χ1v) is 11.5. The van der Waals surface area contributed by atoms with E-state index >= 15 is 0 Å². The number of hydrogen-bond donors (Lipinski definition) is 0. The molecule has 0 aliphatic carbocycles. The van der Waals surface area contributed by atoms with Crippen molar-refractivity contribution in [1.29, 1.82) is 5.26 Å². The van der Waals surface area contributed by atoms with E-state index in [4.69, 9.17) is 0 Å². The standard InChI is InChI=1S/C25H24N2O2S/c1-20-12-14-24(15-13-20)30(28,29)27-17-16-23(18-27)25(19-26,21-8-4-2-5-9-21)22-10-6-3-7-11-22/h2-15,23H,16-18H2,1H3. The van der Waals surface area contributed by atoms with E-state index in [9.17, 15) is 13.7 Å². The molecule has 1 unspecified atom stereocenters. The highest BCUT2D eigenvalue weighted by atomic mass is 32.2. The third-order valence-corrected chi connectivity index (χ3v) is 7.94. The SMILES string of the molecule is Cc1ccc(S(=O)(=O)N2CCC(C(C#N)(c3ccccc3)c3ccccc3)C2)cc1. The van der Waals surface area contributed by atoms with Crippen LogP contribution in [0.5, 0.6) is 0 Å². The van der Waals surface area contributed by atoms with Crippen molar-refractivity contribution in [2.24, 2.45) is 5.92 Å². The van der Waals surface area contributed by atoms with Crippen LogP contribution in [0.4, 0.5) is 0 Å². The van der Waals surface area contributed by atoms with Gasteiger partial charge in [0, 0.05) is 19.0 Å². The Morgan fingerprint density at radius 2 is 1.43 bits per heavy atom. The van der Waals surface area contributed by atoms with Gasteiger partial charge < -0.3 is 0 Å². The van der Waals surface area contributed by atoms with E-state index in [-0.39, 0.29) is 5.92 Å². The minimum Gasteiger partial charge on any atom is -0.207 e. The van der Waals surface area contributed by atoms with Gasteiger partial charge in [0.25, 0.3) is 0 Å². The van der Waals surface area contributed by atoms with E-state index < -0.39 is 15.4 Å². The molecular weight excluding hydrogens is 392 g/mol. The molecule has 1 heterocycles. The lowest BCUT2D eigenvalue weighted by molar-refractivity contribution is 0.393. The van der Waals surface area contributed by atoms with Gasteiger partial charge in [0.15, 0.2) is 0 Å². The van der Waals surface area contributed by atoms with Crippen molar-refractivity contribution in [2.45, 2.75) is 23.7 Å². The topological polar surface area (TPSA) is 61.2 Å². The molecule has 3 aromatic carbocycles. The first-order chi connectivity index (χ1) is 14.5. The van der Waals surface area contributed by atoms with Crippen LogP contribution in [0.2, 0.25) is 0 Å². The van der Waals surface area contributed by atoms with E-state index in [1.54, 1.807) is 12.1 Å². The zero-order chi connectivity index (χ0) is 21.2. The summed E-state index contributed by atoms with van der Waals surface area (Å²) in [6.07, 6.45) is 0.627. The molecule has 1 aliphatic heterocycles. The summed E-state index contributed by atoms with van der Waals surface area (Å²) in [7, 11) is -3.60. The van der Waals surface area contributed by atoms with Crippen LogP contribution in [0.3, 0.4) is 0 Å². The summed E-state index contributed by atoms with van der Waals surface area (Å²) < 4.78 is 28.0. The Morgan fingerprint density at radius 1 is 0.900 bits per heavy atom. The van der Waals surface area contributed by atoms with E-state index in [0.29, 0.717) is 24.4 Å². The molecule has 0 radical (unpaired) electrons. The molecule has 0 saturated carbocycles. The number of nitrogens with zero attached hydrogens (tertiary/aromatic N) is 2. The maximum Gasteiger partial charge on any atom is 0.243 e. The molecule has 1 fully saturated rings. The normalized spacial score (nSPS) is 17.5. The van der Waals surface area contributed by atoms with Gasteiger partial charge in [0.2, 0.25) is 10.0 Å². The molecule has 4 rings (SSSR count). The summed E-state index contributed by atoms with van der Waals surface area (Å²) in [5.74, 6) is -0.146. The summed E-state index contributed by atoms with van der Waals surface area (Å²) in [5.41, 5.74) is 1.92. The first-order valence-electron chi connectivity index (χ1n) is 10.1. The average molecular weight is 417 g/mol. The van der Waals surface area contributed by atoms with Crippen molar-refractivity contribution in [3.63, 3.8) is 0 Å². The Balaban J connectivity index is 1.74. The Morgan fingerprint density at radius 3 is 1.93 bits per heavy atom. The van der Waals surface area contributed by atoms with Crippen molar-refractivity contribution in [3.05, 3.63) is 102 Å². The van der Waals surface area contributed by atoms with Crippen LogP contribution in [0.15, 0.2) is 89.8 Å². The fourth-order valence-corrected chi connectivity index (χ4v) is 5.92. The summed E-state index contributed by atoms with van der Waals surface area (Å²) in [4.78, 5) is 0.302. The molecular formula is C25H24N2O2S. The van der Waals surface area contributed by atoms with Gasteiger partial charge in [-0.2, -0.15) is 9.57 Å². The van der Waals surface area contributed by atoms with Crippen LogP contribution in [-0.2, 0) is 15.4 Å². The molecule has 1 atom stereocenters. The second kappa shape index (κ2) is 8.06. The quantitative estimate of drug-likeness (QED) is 0.615. The van der Waals surface area contributed by atoms with Crippen molar-refractivity contribution in [2.75, 3.05) is 13.1 Å². The number of hydrogen-bond acceptors (Lipinski definition) is 3. The lowest BCUT2D eigenvalue weighted by atomic mass is 9.66. The fraction of sp³-hybridized carbons (Fsp3) is 0.240. The third kappa shape index (κ3) is 3.43. The monoisotopic (exact) mass is 416 g/mol. The highest BCUT2D eigenvalue weighted by Crippen LogP contribution is 2.44. The van der Waals surface area contributed by atoms with Crippen LogP contribution in [0.25, 0.3) is 0 Å². The van der Waals surface area contributed by atoms with Gasteiger partial charge in [-0.15, -0.1) is 0 Å². The molecule has 1 saturated heterocycles. The van der Waals surface area contributed by atoms with Gasteiger partial charge in [-0.1, -0.05) is 78.4 Å². The van der Waals surface area contributed by atoms with E-state index in [1.165, 1.54) is 4.31 Å². The van der Waals surface area contributed by atoms with Gasteiger partial charge in [-0.3, -0.25) is 0 Å². The minimum atomic E-state index is -3.60. The van der Waals surface area contributed by atoms with E-state index in [1.807, 2.05) is 79.7 Å². The maximum atomic E-state index is 13.2. The molecule has 0 amide bonds. The molecule has 0 spiro atoms. The summed E-state index contributed by atoms with van der Waals surface area (Å²) >= 11 is 0. The summed E-state index contributed by atoms with van der Waals surface area (Å²) in [6, 6.07) is 29.0. The Labute approximate surface area is 178 Å². The maximum absolute atomic E-state index is 13.2. The zero-order valence-electron chi connectivity index (χ0n) is 16.9. The molecule has 152 valence electrons. The summed E-state index contributed by atoms with van der Waals surface area (Å²) in [6.45, 7) is 2.65. The van der Waals surface area contributed by atoms with Crippen molar-refractivity contribution in [1.82, 2.24) is 4.31 Å². The Kier molecular flexibility index (Phi) is 5.46. The van der Waals surface area contributed by atoms with Crippen LogP contribution in [0.1, 0.15) is 23.1 Å². The van der Waals surface area contributed by atoms with Crippen molar-refractivity contribution in [3.8, 4) is 6.07 Å². The summed E-state index contributed by atoms with van der Waals surface area (Å²) in [5, 5.41) is 10.5. The lowest BCUT2D eigenvalue weighted by Gasteiger charge is -2.34. The van der Waals surface area contributed by atoms with E-state index in [0.717, 1.165) is 16.7 Å². The largest absolute Gasteiger partial charge is 0.243 e. The molecule has 1 aliphatic rings. The number of nitriles is 1. The van der Waals surface area contributed by atoms with Gasteiger partial charge >= 0.3 is 0 Å². The number of rotatable bonds is 5. The lowest BCUT2D eigenvalue weighted by Crippen LogP contribution is -2.38. The van der Waals surface area contributed by atoms with Crippen LogP contribution < -0.4 is 0 Å². The van der Waals surface area contributed by atoms with Crippen LogP contribution >= 0.6 is 0 Å². The average Bonchev–Trinajstić information content (AvgIpc) is 3.28. The van der Waals surface area contributed by atoms with Gasteiger partial charge in [0.1, 0.15) is 5.41 Å². The molecule has 0 bridgehead atoms. The van der Waals surface area contributed by atoms with Crippen LogP contribution in [-0.4, -0.2) is 25.8 Å². The molecule has 0 N–H and O–H groups in total. The van der Waals surface area contributed by atoms with Crippen molar-refractivity contribution >= 4 is 10.0 Å². The Bertz CT molecular complexity index is 1110.